The first-order chi connectivity index (χ1) is 7.00. The molecule has 0 bridgehead atoms. The standard InChI is InChI=1S/C14H20/c1-2-4-6-8-10-12-14-13-11-9-7-5-3-1/h1-6,11,13H,7-10,12,14H2/b2-1?,5-3?,6-4-,13-11+. The van der Waals surface area contributed by atoms with Crippen LogP contribution in [0, 0.1) is 0 Å². The SMILES string of the molecule is C1=C/C=C\CCCC/C=C/CCC=C1. The van der Waals surface area contributed by atoms with E-state index >= 15 is 0 Å². The van der Waals surface area contributed by atoms with Gasteiger partial charge in [0.05, 0.1) is 0 Å². The Morgan fingerprint density at radius 2 is 0.929 bits per heavy atom. The van der Waals surface area contributed by atoms with Crippen molar-refractivity contribution >= 4 is 0 Å². The van der Waals surface area contributed by atoms with Crippen molar-refractivity contribution in [1.82, 2.24) is 0 Å². The van der Waals surface area contributed by atoms with Gasteiger partial charge in [-0.15, -0.1) is 0 Å². The average molecular weight is 188 g/mol. The first-order valence-corrected chi connectivity index (χ1v) is 5.63. The van der Waals surface area contributed by atoms with Crippen molar-refractivity contribution in [3.8, 4) is 0 Å². The van der Waals surface area contributed by atoms with Crippen molar-refractivity contribution in [2.24, 2.45) is 0 Å². The molecule has 1 rings (SSSR count). The first-order valence-electron chi connectivity index (χ1n) is 5.63. The molecule has 0 heterocycles. The maximum atomic E-state index is 2.32. The van der Waals surface area contributed by atoms with E-state index in [9.17, 15) is 0 Å². The summed E-state index contributed by atoms with van der Waals surface area (Å²) in [5.74, 6) is 0. The smallest absolute Gasteiger partial charge is 0.0313 e. The van der Waals surface area contributed by atoms with Crippen LogP contribution >= 0.6 is 0 Å². The number of hydrogen-bond donors (Lipinski definition) is 0. The molecule has 76 valence electrons. The van der Waals surface area contributed by atoms with E-state index in [1.165, 1.54) is 32.1 Å². The van der Waals surface area contributed by atoms with Gasteiger partial charge in [-0.05, 0) is 38.5 Å². The molecule has 0 N–H and O–H groups in total. The topological polar surface area (TPSA) is 0 Å². The minimum absolute atomic E-state index is 1.16. The minimum Gasteiger partial charge on any atom is -0.0885 e. The van der Waals surface area contributed by atoms with Crippen molar-refractivity contribution < 1.29 is 0 Å². The molecule has 0 atom stereocenters. The molecule has 0 nitrogen and oxygen atoms in total. The van der Waals surface area contributed by atoms with Gasteiger partial charge < -0.3 is 0 Å². The Hall–Kier alpha value is -1.04. The summed E-state index contributed by atoms with van der Waals surface area (Å²) in [5.41, 5.74) is 0. The normalized spacial score (nSPS) is 24.0. The van der Waals surface area contributed by atoms with E-state index in [1.807, 2.05) is 0 Å². The summed E-state index contributed by atoms with van der Waals surface area (Å²) in [6.07, 6.45) is 25.0. The predicted octanol–water partition coefficient (Wildman–Crippen LogP) is 4.57. The third-order valence-corrected chi connectivity index (χ3v) is 2.26. The molecule has 0 saturated carbocycles. The van der Waals surface area contributed by atoms with Crippen LogP contribution in [0.1, 0.15) is 38.5 Å². The summed E-state index contributed by atoms with van der Waals surface area (Å²) in [6, 6.07) is 0. The lowest BCUT2D eigenvalue weighted by Gasteiger charge is -1.93. The van der Waals surface area contributed by atoms with Crippen LogP contribution in [0.3, 0.4) is 0 Å². The highest BCUT2D eigenvalue weighted by Crippen LogP contribution is 2.03. The van der Waals surface area contributed by atoms with E-state index in [-0.39, 0.29) is 0 Å². The van der Waals surface area contributed by atoms with Crippen LogP contribution in [-0.4, -0.2) is 0 Å². The summed E-state index contributed by atoms with van der Waals surface area (Å²) >= 11 is 0. The fourth-order valence-corrected chi connectivity index (χ4v) is 1.43. The molecule has 0 aromatic carbocycles. The van der Waals surface area contributed by atoms with E-state index in [2.05, 4.69) is 48.6 Å². The lowest BCUT2D eigenvalue weighted by atomic mass is 10.1. The molecule has 0 aromatic heterocycles. The molecule has 0 aromatic rings. The van der Waals surface area contributed by atoms with Crippen molar-refractivity contribution in [1.29, 1.82) is 0 Å². The zero-order chi connectivity index (χ0) is 9.90. The van der Waals surface area contributed by atoms with Crippen molar-refractivity contribution in [2.45, 2.75) is 38.5 Å². The molecular weight excluding hydrogens is 168 g/mol. The molecule has 0 fully saturated rings. The number of rotatable bonds is 0. The van der Waals surface area contributed by atoms with Gasteiger partial charge in [-0.2, -0.15) is 0 Å². The van der Waals surface area contributed by atoms with Crippen molar-refractivity contribution in [3.63, 3.8) is 0 Å². The molecule has 1 aliphatic rings. The molecule has 0 radical (unpaired) electrons. The second-order valence-corrected chi connectivity index (χ2v) is 3.57. The predicted molar refractivity (Wildman–Crippen MR) is 64.3 cm³/mol. The van der Waals surface area contributed by atoms with E-state index < -0.39 is 0 Å². The van der Waals surface area contributed by atoms with Crippen molar-refractivity contribution in [2.75, 3.05) is 0 Å². The fourth-order valence-electron chi connectivity index (χ4n) is 1.43. The lowest BCUT2D eigenvalue weighted by Crippen LogP contribution is -1.73. The first kappa shape index (κ1) is 11.0. The van der Waals surface area contributed by atoms with Gasteiger partial charge in [0.15, 0.2) is 0 Å². The summed E-state index contributed by atoms with van der Waals surface area (Å²) in [7, 11) is 0. The molecule has 0 heteroatoms. The zero-order valence-corrected chi connectivity index (χ0v) is 8.86. The maximum absolute atomic E-state index is 2.32. The van der Waals surface area contributed by atoms with Gasteiger partial charge in [0.1, 0.15) is 0 Å². The highest BCUT2D eigenvalue weighted by Gasteiger charge is 1.83. The Morgan fingerprint density at radius 1 is 0.429 bits per heavy atom. The highest BCUT2D eigenvalue weighted by atomic mass is 13.9. The van der Waals surface area contributed by atoms with Crippen LogP contribution in [0.25, 0.3) is 0 Å². The second-order valence-electron chi connectivity index (χ2n) is 3.57. The molecule has 14 heavy (non-hydrogen) atoms. The highest BCUT2D eigenvalue weighted by molar-refractivity contribution is 5.11. The van der Waals surface area contributed by atoms with Crippen LogP contribution in [0.4, 0.5) is 0 Å². The number of allylic oxidation sites excluding steroid dienone is 8. The largest absolute Gasteiger partial charge is 0.0885 e. The Bertz CT molecular complexity index is 228. The maximum Gasteiger partial charge on any atom is -0.0313 e. The Balaban J connectivity index is 2.35. The summed E-state index contributed by atoms with van der Waals surface area (Å²) in [4.78, 5) is 0. The molecular formula is C14H20. The van der Waals surface area contributed by atoms with Crippen LogP contribution in [0.2, 0.25) is 0 Å². The summed E-state index contributed by atoms with van der Waals surface area (Å²) in [5, 5.41) is 0. The molecule has 1 aliphatic carbocycles. The summed E-state index contributed by atoms with van der Waals surface area (Å²) in [6.45, 7) is 0. The zero-order valence-electron chi connectivity index (χ0n) is 8.86. The molecule has 0 spiro atoms. The monoisotopic (exact) mass is 188 g/mol. The van der Waals surface area contributed by atoms with Gasteiger partial charge in [0.25, 0.3) is 0 Å². The quantitative estimate of drug-likeness (QED) is 0.489. The Labute approximate surface area is 87.7 Å². The molecule has 0 saturated heterocycles. The van der Waals surface area contributed by atoms with Gasteiger partial charge in [0.2, 0.25) is 0 Å². The molecule has 0 aliphatic heterocycles. The lowest BCUT2D eigenvalue weighted by molar-refractivity contribution is 0.760. The molecule has 0 amide bonds. The van der Waals surface area contributed by atoms with Gasteiger partial charge in [-0.25, -0.2) is 0 Å². The van der Waals surface area contributed by atoms with Crippen LogP contribution in [0.5, 0.6) is 0 Å². The van der Waals surface area contributed by atoms with Crippen molar-refractivity contribution in [3.05, 3.63) is 48.6 Å². The minimum atomic E-state index is 1.16. The second kappa shape index (κ2) is 8.55. The summed E-state index contributed by atoms with van der Waals surface area (Å²) < 4.78 is 0. The van der Waals surface area contributed by atoms with E-state index in [0.29, 0.717) is 0 Å². The van der Waals surface area contributed by atoms with Gasteiger partial charge in [-0.1, -0.05) is 48.6 Å². The Kier molecular flexibility index (Phi) is 6.74. The third kappa shape index (κ3) is 6.47. The fraction of sp³-hybridized carbons (Fsp3) is 0.429. The molecule has 0 unspecified atom stereocenters. The number of hydrogen-bond acceptors (Lipinski definition) is 0. The van der Waals surface area contributed by atoms with E-state index in [1.54, 1.807) is 0 Å². The van der Waals surface area contributed by atoms with Crippen LogP contribution in [0.15, 0.2) is 48.6 Å². The van der Waals surface area contributed by atoms with E-state index in [0.717, 1.165) is 6.42 Å². The van der Waals surface area contributed by atoms with Crippen LogP contribution < -0.4 is 0 Å². The Morgan fingerprint density at radius 3 is 1.71 bits per heavy atom. The van der Waals surface area contributed by atoms with Gasteiger partial charge in [-0.3, -0.25) is 0 Å². The third-order valence-electron chi connectivity index (χ3n) is 2.26. The van der Waals surface area contributed by atoms with E-state index in [4.69, 9.17) is 0 Å². The van der Waals surface area contributed by atoms with Gasteiger partial charge in [0, 0.05) is 0 Å². The van der Waals surface area contributed by atoms with Crippen LogP contribution in [-0.2, 0) is 0 Å². The average Bonchev–Trinajstić information content (AvgIpc) is 2.22. The van der Waals surface area contributed by atoms with Gasteiger partial charge >= 0.3 is 0 Å².